The van der Waals surface area contributed by atoms with E-state index < -0.39 is 21.8 Å². The van der Waals surface area contributed by atoms with Crippen molar-refractivity contribution in [3.05, 3.63) is 0 Å². The fraction of sp³-hybridized carbons (Fsp3) is 0.889. The molecule has 8 heteroatoms. The average molecular weight is 265 g/mol. The molecule has 17 heavy (non-hydrogen) atoms. The fourth-order valence-corrected chi connectivity index (χ4v) is 2.88. The molecule has 0 bridgehead atoms. The molecule has 0 saturated carbocycles. The van der Waals surface area contributed by atoms with Crippen molar-refractivity contribution in [3.63, 3.8) is 0 Å². The van der Waals surface area contributed by atoms with Crippen LogP contribution in [0, 0.1) is 0 Å². The van der Waals surface area contributed by atoms with Gasteiger partial charge in [-0.05, 0) is 27.2 Å². The fourth-order valence-electron chi connectivity index (χ4n) is 2.14. The van der Waals surface area contributed by atoms with Gasteiger partial charge in [0, 0.05) is 18.6 Å². The smallest absolute Gasteiger partial charge is 0.408 e. The normalized spacial score (nSPS) is 22.7. The molecule has 7 nitrogen and oxygen atoms in total. The van der Waals surface area contributed by atoms with E-state index in [4.69, 9.17) is 5.14 Å². The molecule has 0 radical (unpaired) electrons. The van der Waals surface area contributed by atoms with Crippen molar-refractivity contribution < 1.29 is 18.3 Å². The molecule has 0 aromatic heterocycles. The Morgan fingerprint density at radius 1 is 1.47 bits per heavy atom. The summed E-state index contributed by atoms with van der Waals surface area (Å²) >= 11 is 0. The summed E-state index contributed by atoms with van der Waals surface area (Å²) in [6, 6.07) is -0.342. The summed E-state index contributed by atoms with van der Waals surface area (Å²) in [6.45, 7) is 5.73. The van der Waals surface area contributed by atoms with Gasteiger partial charge < -0.3 is 5.11 Å². The van der Waals surface area contributed by atoms with Gasteiger partial charge in [-0.3, -0.25) is 4.90 Å². The first-order valence-electron chi connectivity index (χ1n) is 5.33. The minimum absolute atomic E-state index is 0.127. The second-order valence-electron chi connectivity index (χ2n) is 5.17. The van der Waals surface area contributed by atoms with Gasteiger partial charge in [0.15, 0.2) is 0 Å². The Kier molecular flexibility index (Phi) is 3.70. The zero-order valence-corrected chi connectivity index (χ0v) is 11.1. The summed E-state index contributed by atoms with van der Waals surface area (Å²) in [5.74, 6) is 0. The monoisotopic (exact) mass is 265 g/mol. The molecule has 100 valence electrons. The third kappa shape index (κ3) is 3.30. The van der Waals surface area contributed by atoms with Crippen molar-refractivity contribution in [3.8, 4) is 0 Å². The summed E-state index contributed by atoms with van der Waals surface area (Å²) in [5, 5.41) is 14.2. The highest BCUT2D eigenvalue weighted by Gasteiger charge is 2.39. The first kappa shape index (κ1) is 14.2. The molecule has 0 aromatic rings. The van der Waals surface area contributed by atoms with E-state index in [0.29, 0.717) is 6.42 Å². The number of carbonyl (C=O) groups is 1. The topological polar surface area (TPSA) is 104 Å². The Bertz CT molecular complexity index is 401. The van der Waals surface area contributed by atoms with Gasteiger partial charge in [-0.1, -0.05) is 0 Å². The summed E-state index contributed by atoms with van der Waals surface area (Å²) in [7, 11) is -3.73. The first-order chi connectivity index (χ1) is 7.53. The highest BCUT2D eigenvalue weighted by molar-refractivity contribution is 7.86. The van der Waals surface area contributed by atoms with Crippen LogP contribution >= 0.6 is 0 Å². The molecular formula is C9H19N3O4S. The highest BCUT2D eigenvalue weighted by atomic mass is 32.2. The summed E-state index contributed by atoms with van der Waals surface area (Å²) in [6.07, 6.45) is -0.571. The number of rotatable bonds is 2. The molecule has 1 atom stereocenters. The molecule has 1 saturated heterocycles. The van der Waals surface area contributed by atoms with Crippen LogP contribution in [0.15, 0.2) is 0 Å². The maximum atomic E-state index is 11.2. The molecule has 0 spiro atoms. The van der Waals surface area contributed by atoms with E-state index in [0.717, 1.165) is 4.31 Å². The van der Waals surface area contributed by atoms with E-state index in [9.17, 15) is 18.3 Å². The summed E-state index contributed by atoms with van der Waals surface area (Å²) in [5.41, 5.74) is -0.565. The van der Waals surface area contributed by atoms with Crippen LogP contribution in [0.1, 0.15) is 27.2 Å². The van der Waals surface area contributed by atoms with Crippen molar-refractivity contribution >= 4 is 16.3 Å². The SMILES string of the molecule is CC(C)(C)N(C(=O)O)[C@H]1CCN(S(N)(=O)=O)C1. The van der Waals surface area contributed by atoms with Crippen molar-refractivity contribution in [2.45, 2.75) is 38.8 Å². The van der Waals surface area contributed by atoms with Gasteiger partial charge in [-0.25, -0.2) is 9.93 Å². The van der Waals surface area contributed by atoms with Crippen LogP contribution in [0.4, 0.5) is 4.79 Å². The van der Waals surface area contributed by atoms with Gasteiger partial charge in [0.1, 0.15) is 0 Å². The van der Waals surface area contributed by atoms with E-state index in [1.807, 2.05) is 0 Å². The molecule has 1 amide bonds. The minimum Gasteiger partial charge on any atom is -0.465 e. The van der Waals surface area contributed by atoms with Gasteiger partial charge in [-0.15, -0.1) is 0 Å². The predicted octanol–water partition coefficient (Wildman–Crippen LogP) is 0.0427. The quantitative estimate of drug-likeness (QED) is 0.735. The summed E-state index contributed by atoms with van der Waals surface area (Å²) < 4.78 is 23.4. The van der Waals surface area contributed by atoms with E-state index >= 15 is 0 Å². The van der Waals surface area contributed by atoms with E-state index in [1.165, 1.54) is 4.90 Å². The van der Waals surface area contributed by atoms with Gasteiger partial charge in [-0.2, -0.15) is 12.7 Å². The van der Waals surface area contributed by atoms with Gasteiger partial charge in [0.05, 0.1) is 6.04 Å². The maximum Gasteiger partial charge on any atom is 0.408 e. The Balaban J connectivity index is 2.85. The molecule has 1 rings (SSSR count). The maximum absolute atomic E-state index is 11.2. The largest absolute Gasteiger partial charge is 0.465 e. The van der Waals surface area contributed by atoms with Gasteiger partial charge in [0.2, 0.25) is 0 Å². The van der Waals surface area contributed by atoms with Crippen molar-refractivity contribution in [1.82, 2.24) is 9.21 Å². The number of amides is 1. The van der Waals surface area contributed by atoms with Crippen molar-refractivity contribution in [2.75, 3.05) is 13.1 Å². The lowest BCUT2D eigenvalue weighted by atomic mass is 10.0. The van der Waals surface area contributed by atoms with E-state index in [1.54, 1.807) is 20.8 Å². The molecule has 1 heterocycles. The van der Waals surface area contributed by atoms with Crippen LogP contribution < -0.4 is 5.14 Å². The van der Waals surface area contributed by atoms with Gasteiger partial charge >= 0.3 is 6.09 Å². The van der Waals surface area contributed by atoms with Crippen LogP contribution in [0.5, 0.6) is 0 Å². The molecule has 1 aliphatic heterocycles. The first-order valence-corrected chi connectivity index (χ1v) is 6.84. The Morgan fingerprint density at radius 2 is 2.00 bits per heavy atom. The highest BCUT2D eigenvalue weighted by Crippen LogP contribution is 2.24. The van der Waals surface area contributed by atoms with Crippen LogP contribution in [0.3, 0.4) is 0 Å². The lowest BCUT2D eigenvalue weighted by Gasteiger charge is -2.37. The number of nitrogens with zero attached hydrogens (tertiary/aromatic N) is 2. The third-order valence-corrected chi connectivity index (χ3v) is 3.83. The zero-order chi connectivity index (χ0) is 13.4. The number of carboxylic acid groups (broad SMARTS) is 1. The molecule has 0 aliphatic carbocycles. The van der Waals surface area contributed by atoms with Crippen LogP contribution in [-0.4, -0.2) is 53.5 Å². The Hall–Kier alpha value is -0.860. The zero-order valence-electron chi connectivity index (χ0n) is 10.3. The molecule has 1 aliphatic rings. The van der Waals surface area contributed by atoms with Crippen molar-refractivity contribution in [1.29, 1.82) is 0 Å². The Labute approximate surface area is 101 Å². The van der Waals surface area contributed by atoms with Gasteiger partial charge in [0.25, 0.3) is 10.2 Å². The molecule has 3 N–H and O–H groups in total. The number of hydrogen-bond acceptors (Lipinski definition) is 3. The number of hydrogen-bond donors (Lipinski definition) is 2. The summed E-state index contributed by atoms with van der Waals surface area (Å²) in [4.78, 5) is 12.5. The van der Waals surface area contributed by atoms with Crippen LogP contribution in [-0.2, 0) is 10.2 Å². The lowest BCUT2D eigenvalue weighted by Crippen LogP contribution is -2.52. The predicted molar refractivity (Wildman–Crippen MR) is 62.7 cm³/mol. The van der Waals surface area contributed by atoms with Crippen LogP contribution in [0.25, 0.3) is 0 Å². The molecule has 0 aromatic carbocycles. The molecule has 0 unspecified atom stereocenters. The standard InChI is InChI=1S/C9H19N3O4S/c1-9(2,3)12(8(13)14)7-4-5-11(6-7)17(10,15)16/h7H,4-6H2,1-3H3,(H,13,14)(H2,10,15,16)/t7-/m0/s1. The third-order valence-electron chi connectivity index (χ3n) is 2.78. The second-order valence-corrected chi connectivity index (χ2v) is 6.72. The van der Waals surface area contributed by atoms with Crippen LogP contribution in [0.2, 0.25) is 0 Å². The number of nitrogens with two attached hydrogens (primary N) is 1. The second kappa shape index (κ2) is 4.43. The molecule has 1 fully saturated rings. The lowest BCUT2D eigenvalue weighted by molar-refractivity contribution is 0.0742. The minimum atomic E-state index is -3.73. The Morgan fingerprint density at radius 3 is 2.29 bits per heavy atom. The average Bonchev–Trinajstić information content (AvgIpc) is 2.47. The van der Waals surface area contributed by atoms with E-state index in [-0.39, 0.29) is 19.1 Å². The molecular weight excluding hydrogens is 246 g/mol. The van der Waals surface area contributed by atoms with Crippen molar-refractivity contribution in [2.24, 2.45) is 5.14 Å². The van der Waals surface area contributed by atoms with E-state index in [2.05, 4.69) is 0 Å².